The van der Waals surface area contributed by atoms with Crippen LogP contribution in [0.4, 0.5) is 0 Å². The molecule has 6 atom stereocenters. The molecule has 1 nitrogen and oxygen atoms in total. The van der Waals surface area contributed by atoms with Crippen molar-refractivity contribution in [2.45, 2.75) is 104 Å². The maximum Gasteiger partial charge on any atom is 0.0413 e. The molecule has 188 valence electrons. The number of allylic oxidation sites excluding steroid dienone is 8. The average molecular weight is 462 g/mol. The third kappa shape index (κ3) is 6.86. The molecular formula is C33H51N. The summed E-state index contributed by atoms with van der Waals surface area (Å²) in [4.78, 5) is 4.41. The van der Waals surface area contributed by atoms with Crippen LogP contribution < -0.4 is 0 Å². The molecule has 4 rings (SSSR count). The topological polar surface area (TPSA) is 12.4 Å². The van der Waals surface area contributed by atoms with E-state index in [4.69, 9.17) is 0 Å². The van der Waals surface area contributed by atoms with Crippen LogP contribution in [0.3, 0.4) is 0 Å². The Labute approximate surface area is 211 Å². The first-order chi connectivity index (χ1) is 16.6. The van der Waals surface area contributed by atoms with Crippen LogP contribution in [-0.4, -0.2) is 13.3 Å². The normalized spacial score (nSPS) is 39.0. The predicted octanol–water partition coefficient (Wildman–Crippen LogP) is 9.52. The number of hydrogen-bond donors (Lipinski definition) is 0. The molecular weight excluding hydrogens is 410 g/mol. The fraction of sp³-hybridized carbons (Fsp3) is 0.727. The van der Waals surface area contributed by atoms with Crippen molar-refractivity contribution in [3.05, 3.63) is 48.1 Å². The Bertz CT molecular complexity index is 763. The van der Waals surface area contributed by atoms with Crippen LogP contribution in [0, 0.1) is 40.9 Å². The smallest absolute Gasteiger partial charge is 0.0413 e. The highest BCUT2D eigenvalue weighted by atomic mass is 14.7. The summed E-state index contributed by atoms with van der Waals surface area (Å²) in [6.45, 7) is 10.1. The molecule has 0 aromatic carbocycles. The first-order valence-corrected chi connectivity index (χ1v) is 14.7. The number of rotatable bonds is 8. The molecule has 4 unspecified atom stereocenters. The molecule has 0 aliphatic heterocycles. The minimum absolute atomic E-state index is 0.499. The summed E-state index contributed by atoms with van der Waals surface area (Å²) in [5.74, 6) is 5.05. The van der Waals surface area contributed by atoms with E-state index in [-0.39, 0.29) is 0 Å². The van der Waals surface area contributed by atoms with E-state index in [0.29, 0.717) is 5.41 Å². The second-order valence-electron chi connectivity index (χ2n) is 12.7. The van der Waals surface area contributed by atoms with E-state index in [9.17, 15) is 0 Å². The van der Waals surface area contributed by atoms with Crippen LogP contribution in [0.2, 0.25) is 0 Å². The Hall–Kier alpha value is -1.37. The lowest BCUT2D eigenvalue weighted by atomic mass is 9.61. The molecule has 0 bridgehead atoms. The van der Waals surface area contributed by atoms with Gasteiger partial charge in [0, 0.05) is 6.54 Å². The Balaban J connectivity index is 1.49. The Morgan fingerprint density at radius 1 is 0.824 bits per heavy atom. The first kappa shape index (κ1) is 25.7. The Kier molecular flexibility index (Phi) is 9.49. The van der Waals surface area contributed by atoms with Crippen molar-refractivity contribution in [2.75, 3.05) is 6.54 Å². The van der Waals surface area contributed by atoms with Gasteiger partial charge in [0.1, 0.15) is 0 Å². The lowest BCUT2D eigenvalue weighted by Gasteiger charge is -2.45. The van der Waals surface area contributed by atoms with E-state index in [1.165, 1.54) is 89.9 Å². The van der Waals surface area contributed by atoms with Crippen molar-refractivity contribution in [2.24, 2.45) is 45.9 Å². The molecule has 0 aromatic heterocycles. The van der Waals surface area contributed by atoms with Gasteiger partial charge in [0.05, 0.1) is 0 Å². The molecule has 4 aliphatic rings. The van der Waals surface area contributed by atoms with E-state index < -0.39 is 0 Å². The minimum atomic E-state index is 0.499. The summed E-state index contributed by atoms with van der Waals surface area (Å²) in [7, 11) is 0. The molecule has 0 amide bonds. The average Bonchev–Trinajstić information content (AvgIpc) is 3.45. The SMILES string of the molecule is C=NCC1C[C@H](C(C)(CC2CCCC2)CC2CC[C@H](C3=C/C=C\C=C/C=C\3)C2)CCCCC1C. The van der Waals surface area contributed by atoms with Gasteiger partial charge >= 0.3 is 0 Å². The highest BCUT2D eigenvalue weighted by Crippen LogP contribution is 2.52. The van der Waals surface area contributed by atoms with Crippen molar-refractivity contribution >= 4 is 6.72 Å². The van der Waals surface area contributed by atoms with Crippen LogP contribution >= 0.6 is 0 Å². The summed E-state index contributed by atoms with van der Waals surface area (Å²) in [5, 5.41) is 0. The maximum atomic E-state index is 4.41. The van der Waals surface area contributed by atoms with Gasteiger partial charge in [-0.1, -0.05) is 101 Å². The van der Waals surface area contributed by atoms with Crippen molar-refractivity contribution in [1.29, 1.82) is 0 Å². The van der Waals surface area contributed by atoms with Gasteiger partial charge in [0.15, 0.2) is 0 Å². The third-order valence-electron chi connectivity index (χ3n) is 10.2. The van der Waals surface area contributed by atoms with E-state index >= 15 is 0 Å². The largest absolute Gasteiger partial charge is 0.301 e. The molecule has 3 fully saturated rings. The van der Waals surface area contributed by atoms with Crippen molar-refractivity contribution in [1.82, 2.24) is 0 Å². The Morgan fingerprint density at radius 3 is 2.35 bits per heavy atom. The highest BCUT2D eigenvalue weighted by molar-refractivity contribution is 5.33. The standard InChI is InChI=1S/C33H51N/c1-26-13-9-12-18-32(22-31(26)25-34-3)33(2,23-27-14-10-11-15-27)24-28-19-20-30(21-28)29-16-7-5-4-6-8-17-29/h4-8,16-17,26-28,30-32H,3,9-15,18-25H2,1-2H3/b5-4-,6-4?,7-5?,8-6-,16-7-,17-8?,29-16?,29-17+/t26?,28?,30-,31?,32+,33?/m0/s1. The predicted molar refractivity (Wildman–Crippen MR) is 149 cm³/mol. The Morgan fingerprint density at radius 2 is 1.53 bits per heavy atom. The molecule has 0 spiro atoms. The third-order valence-corrected chi connectivity index (χ3v) is 10.2. The van der Waals surface area contributed by atoms with Gasteiger partial charge < -0.3 is 4.99 Å². The van der Waals surface area contributed by atoms with E-state index in [1.807, 2.05) is 0 Å². The molecule has 0 N–H and O–H groups in total. The van der Waals surface area contributed by atoms with Crippen molar-refractivity contribution in [3.8, 4) is 0 Å². The number of aliphatic imine (C=N–C) groups is 1. The summed E-state index contributed by atoms with van der Waals surface area (Å²) >= 11 is 0. The molecule has 34 heavy (non-hydrogen) atoms. The van der Waals surface area contributed by atoms with Gasteiger partial charge in [-0.2, -0.15) is 0 Å². The quantitative estimate of drug-likeness (QED) is 0.319. The fourth-order valence-corrected chi connectivity index (χ4v) is 8.23. The van der Waals surface area contributed by atoms with E-state index in [2.05, 4.69) is 68.1 Å². The summed E-state index contributed by atoms with van der Waals surface area (Å²) in [6, 6.07) is 0. The fourth-order valence-electron chi connectivity index (χ4n) is 8.23. The van der Waals surface area contributed by atoms with Crippen LogP contribution in [0.1, 0.15) is 104 Å². The second kappa shape index (κ2) is 12.5. The maximum absolute atomic E-state index is 4.41. The zero-order chi connectivity index (χ0) is 23.8. The van der Waals surface area contributed by atoms with Gasteiger partial charge in [-0.05, 0) is 98.2 Å². The summed E-state index contributed by atoms with van der Waals surface area (Å²) in [6.07, 6.45) is 35.8. The lowest BCUT2D eigenvalue weighted by Crippen LogP contribution is -2.35. The van der Waals surface area contributed by atoms with Gasteiger partial charge in [0.2, 0.25) is 0 Å². The summed E-state index contributed by atoms with van der Waals surface area (Å²) in [5.41, 5.74) is 2.05. The molecule has 0 aromatic rings. The van der Waals surface area contributed by atoms with Gasteiger partial charge in [-0.15, -0.1) is 0 Å². The molecule has 0 heterocycles. The van der Waals surface area contributed by atoms with Crippen LogP contribution in [0.25, 0.3) is 0 Å². The lowest BCUT2D eigenvalue weighted by molar-refractivity contribution is 0.0585. The van der Waals surface area contributed by atoms with Crippen molar-refractivity contribution in [3.63, 3.8) is 0 Å². The zero-order valence-corrected chi connectivity index (χ0v) is 22.3. The second-order valence-corrected chi connectivity index (χ2v) is 12.7. The molecule has 3 saturated carbocycles. The molecule has 0 radical (unpaired) electrons. The van der Waals surface area contributed by atoms with Crippen molar-refractivity contribution < 1.29 is 0 Å². The summed E-state index contributed by atoms with van der Waals surface area (Å²) < 4.78 is 0. The van der Waals surface area contributed by atoms with E-state index in [1.54, 1.807) is 5.57 Å². The molecule has 4 aliphatic carbocycles. The molecule has 1 heteroatoms. The van der Waals surface area contributed by atoms with Crippen LogP contribution in [0.5, 0.6) is 0 Å². The van der Waals surface area contributed by atoms with Gasteiger partial charge in [-0.25, -0.2) is 0 Å². The van der Waals surface area contributed by atoms with Gasteiger partial charge in [-0.3, -0.25) is 0 Å². The van der Waals surface area contributed by atoms with Crippen LogP contribution in [-0.2, 0) is 0 Å². The van der Waals surface area contributed by atoms with E-state index in [0.717, 1.165) is 42.1 Å². The first-order valence-electron chi connectivity index (χ1n) is 14.7. The highest BCUT2D eigenvalue weighted by Gasteiger charge is 2.42. The monoisotopic (exact) mass is 461 g/mol. The number of hydrogen-bond acceptors (Lipinski definition) is 1. The molecule has 0 saturated heterocycles. The minimum Gasteiger partial charge on any atom is -0.301 e. The van der Waals surface area contributed by atoms with Gasteiger partial charge in [0.25, 0.3) is 0 Å². The zero-order valence-electron chi connectivity index (χ0n) is 22.3. The number of nitrogens with zero attached hydrogens (tertiary/aromatic N) is 1. The van der Waals surface area contributed by atoms with Crippen LogP contribution in [0.15, 0.2) is 53.1 Å².